The highest BCUT2D eigenvalue weighted by Crippen LogP contribution is 2.16. The Morgan fingerprint density at radius 1 is 1.56 bits per heavy atom. The van der Waals surface area contributed by atoms with Crippen molar-refractivity contribution in [2.45, 2.75) is 52.7 Å². The van der Waals surface area contributed by atoms with Gasteiger partial charge < -0.3 is 9.73 Å². The Morgan fingerprint density at radius 2 is 2.33 bits per heavy atom. The van der Waals surface area contributed by atoms with Crippen molar-refractivity contribution in [1.29, 1.82) is 0 Å². The second-order valence-corrected chi connectivity index (χ2v) is 5.61. The Hall–Kier alpha value is -0.870. The van der Waals surface area contributed by atoms with Gasteiger partial charge in [-0.2, -0.15) is 0 Å². The first-order chi connectivity index (χ1) is 8.60. The van der Waals surface area contributed by atoms with Gasteiger partial charge in [-0.25, -0.2) is 4.98 Å². The number of aromatic nitrogens is 1. The van der Waals surface area contributed by atoms with Gasteiger partial charge in [0.05, 0.1) is 12.7 Å². The Balaban J connectivity index is 1.97. The molecule has 1 aromatic rings. The lowest BCUT2D eigenvalue weighted by atomic mass is 10.00. The highest BCUT2D eigenvalue weighted by molar-refractivity contribution is 4.95. The van der Waals surface area contributed by atoms with Crippen LogP contribution in [0.1, 0.15) is 39.3 Å². The SMILES string of the molecule is CCc1cnc(CN2CC(C(C)C)NCC2C)o1. The molecular weight excluding hydrogens is 226 g/mol. The topological polar surface area (TPSA) is 41.3 Å². The molecule has 1 saturated heterocycles. The summed E-state index contributed by atoms with van der Waals surface area (Å²) >= 11 is 0. The van der Waals surface area contributed by atoms with E-state index in [2.05, 4.69) is 42.9 Å². The number of rotatable bonds is 4. The monoisotopic (exact) mass is 251 g/mol. The molecule has 2 atom stereocenters. The van der Waals surface area contributed by atoms with Gasteiger partial charge in [0.15, 0.2) is 0 Å². The van der Waals surface area contributed by atoms with Crippen LogP contribution in [0.2, 0.25) is 0 Å². The highest BCUT2D eigenvalue weighted by Gasteiger charge is 2.27. The standard InChI is InChI=1S/C14H25N3O/c1-5-12-7-16-14(18-12)9-17-8-13(10(2)3)15-6-11(17)4/h7,10-11,13,15H,5-6,8-9H2,1-4H3. The minimum Gasteiger partial charge on any atom is -0.444 e. The van der Waals surface area contributed by atoms with Crippen molar-refractivity contribution >= 4 is 0 Å². The quantitative estimate of drug-likeness (QED) is 0.889. The molecule has 1 N–H and O–H groups in total. The largest absolute Gasteiger partial charge is 0.444 e. The van der Waals surface area contributed by atoms with Crippen molar-refractivity contribution in [3.05, 3.63) is 17.8 Å². The molecule has 1 fully saturated rings. The molecule has 1 aliphatic heterocycles. The predicted molar refractivity (Wildman–Crippen MR) is 72.4 cm³/mol. The van der Waals surface area contributed by atoms with E-state index < -0.39 is 0 Å². The normalized spacial score (nSPS) is 25.8. The molecule has 2 heterocycles. The smallest absolute Gasteiger partial charge is 0.208 e. The van der Waals surface area contributed by atoms with E-state index in [9.17, 15) is 0 Å². The molecule has 0 radical (unpaired) electrons. The zero-order chi connectivity index (χ0) is 13.1. The van der Waals surface area contributed by atoms with Crippen LogP contribution in [-0.4, -0.2) is 35.1 Å². The van der Waals surface area contributed by atoms with E-state index in [0.717, 1.165) is 37.7 Å². The van der Waals surface area contributed by atoms with Gasteiger partial charge in [0.1, 0.15) is 5.76 Å². The third kappa shape index (κ3) is 3.12. The summed E-state index contributed by atoms with van der Waals surface area (Å²) in [6.07, 6.45) is 2.76. The van der Waals surface area contributed by atoms with Gasteiger partial charge in [-0.1, -0.05) is 20.8 Å². The molecule has 2 unspecified atom stereocenters. The predicted octanol–water partition coefficient (Wildman–Crippen LogP) is 2.06. The number of hydrogen-bond donors (Lipinski definition) is 1. The number of nitrogens with zero attached hydrogens (tertiary/aromatic N) is 2. The lowest BCUT2D eigenvalue weighted by Gasteiger charge is -2.39. The second-order valence-electron chi connectivity index (χ2n) is 5.61. The first kappa shape index (κ1) is 13.6. The molecule has 4 nitrogen and oxygen atoms in total. The molecule has 0 aromatic carbocycles. The van der Waals surface area contributed by atoms with Crippen LogP contribution in [0, 0.1) is 5.92 Å². The van der Waals surface area contributed by atoms with Crippen molar-refractivity contribution < 1.29 is 4.42 Å². The van der Waals surface area contributed by atoms with Crippen LogP contribution < -0.4 is 5.32 Å². The molecule has 0 spiro atoms. The number of nitrogens with one attached hydrogen (secondary N) is 1. The minimum absolute atomic E-state index is 0.539. The van der Waals surface area contributed by atoms with Crippen molar-refractivity contribution in [3.63, 3.8) is 0 Å². The fourth-order valence-electron chi connectivity index (χ4n) is 2.37. The summed E-state index contributed by atoms with van der Waals surface area (Å²) in [5, 5.41) is 3.61. The van der Waals surface area contributed by atoms with Crippen LogP contribution in [0.5, 0.6) is 0 Å². The maximum atomic E-state index is 5.71. The first-order valence-electron chi connectivity index (χ1n) is 7.01. The van der Waals surface area contributed by atoms with Crippen molar-refractivity contribution in [3.8, 4) is 0 Å². The number of aryl methyl sites for hydroxylation is 1. The fraction of sp³-hybridized carbons (Fsp3) is 0.786. The zero-order valence-electron chi connectivity index (χ0n) is 11.9. The number of hydrogen-bond acceptors (Lipinski definition) is 4. The molecule has 0 bridgehead atoms. The summed E-state index contributed by atoms with van der Waals surface area (Å²) in [5.74, 6) is 2.49. The van der Waals surface area contributed by atoms with Gasteiger partial charge in [-0.3, -0.25) is 4.90 Å². The molecular formula is C14H25N3O. The van der Waals surface area contributed by atoms with Gasteiger partial charge >= 0.3 is 0 Å². The minimum atomic E-state index is 0.539. The lowest BCUT2D eigenvalue weighted by molar-refractivity contribution is 0.106. The third-order valence-electron chi connectivity index (χ3n) is 3.82. The van der Waals surface area contributed by atoms with Gasteiger partial charge in [0.25, 0.3) is 0 Å². The molecule has 0 amide bonds. The number of piperazine rings is 1. The second kappa shape index (κ2) is 5.85. The number of oxazole rings is 1. The third-order valence-corrected chi connectivity index (χ3v) is 3.82. The fourth-order valence-corrected chi connectivity index (χ4v) is 2.37. The molecule has 0 saturated carbocycles. The van der Waals surface area contributed by atoms with E-state index >= 15 is 0 Å². The Labute approximate surface area is 110 Å². The molecule has 18 heavy (non-hydrogen) atoms. The summed E-state index contributed by atoms with van der Waals surface area (Å²) < 4.78 is 5.71. The molecule has 0 aliphatic carbocycles. The summed E-state index contributed by atoms with van der Waals surface area (Å²) in [6, 6.07) is 1.11. The summed E-state index contributed by atoms with van der Waals surface area (Å²) in [4.78, 5) is 6.82. The van der Waals surface area contributed by atoms with Crippen molar-refractivity contribution in [2.75, 3.05) is 13.1 Å². The first-order valence-corrected chi connectivity index (χ1v) is 7.01. The summed E-state index contributed by atoms with van der Waals surface area (Å²) in [7, 11) is 0. The lowest BCUT2D eigenvalue weighted by Crippen LogP contribution is -2.56. The van der Waals surface area contributed by atoms with E-state index in [1.165, 1.54) is 0 Å². The van der Waals surface area contributed by atoms with E-state index in [1.807, 2.05) is 6.20 Å². The molecule has 102 valence electrons. The van der Waals surface area contributed by atoms with E-state index in [4.69, 9.17) is 4.42 Å². The van der Waals surface area contributed by atoms with Crippen LogP contribution in [0.15, 0.2) is 10.6 Å². The van der Waals surface area contributed by atoms with Crippen LogP contribution >= 0.6 is 0 Å². The average Bonchev–Trinajstić information content (AvgIpc) is 2.79. The van der Waals surface area contributed by atoms with Crippen LogP contribution in [0.25, 0.3) is 0 Å². The van der Waals surface area contributed by atoms with Crippen molar-refractivity contribution in [2.24, 2.45) is 5.92 Å². The van der Waals surface area contributed by atoms with Crippen LogP contribution in [0.4, 0.5) is 0 Å². The maximum Gasteiger partial charge on any atom is 0.208 e. The Bertz CT molecular complexity index is 375. The summed E-state index contributed by atoms with van der Waals surface area (Å²) in [6.45, 7) is 11.8. The van der Waals surface area contributed by atoms with Gasteiger partial charge in [-0.05, 0) is 12.8 Å². The van der Waals surface area contributed by atoms with E-state index in [1.54, 1.807) is 0 Å². The Morgan fingerprint density at radius 3 is 2.94 bits per heavy atom. The van der Waals surface area contributed by atoms with Crippen LogP contribution in [-0.2, 0) is 13.0 Å². The van der Waals surface area contributed by atoms with E-state index in [-0.39, 0.29) is 0 Å². The molecule has 4 heteroatoms. The Kier molecular flexibility index (Phi) is 4.40. The van der Waals surface area contributed by atoms with Gasteiger partial charge in [-0.15, -0.1) is 0 Å². The molecule has 2 rings (SSSR count). The zero-order valence-corrected chi connectivity index (χ0v) is 11.9. The highest BCUT2D eigenvalue weighted by atomic mass is 16.4. The van der Waals surface area contributed by atoms with Gasteiger partial charge in [0, 0.05) is 31.6 Å². The molecule has 1 aliphatic rings. The van der Waals surface area contributed by atoms with E-state index in [0.29, 0.717) is 18.0 Å². The molecule has 1 aromatic heterocycles. The van der Waals surface area contributed by atoms with Crippen molar-refractivity contribution in [1.82, 2.24) is 15.2 Å². The average molecular weight is 251 g/mol. The van der Waals surface area contributed by atoms with Crippen LogP contribution in [0.3, 0.4) is 0 Å². The maximum absolute atomic E-state index is 5.71. The van der Waals surface area contributed by atoms with Gasteiger partial charge in [0.2, 0.25) is 5.89 Å². The summed E-state index contributed by atoms with van der Waals surface area (Å²) in [5.41, 5.74) is 0.